The zero-order chi connectivity index (χ0) is 10.8. The Morgan fingerprint density at radius 2 is 2.07 bits per heavy atom. The zero-order valence-corrected chi connectivity index (χ0v) is 9.03. The first-order valence-corrected chi connectivity index (χ1v) is 5.42. The molecule has 0 spiro atoms. The summed E-state index contributed by atoms with van der Waals surface area (Å²) in [4.78, 5) is 26.8. The molecule has 5 nitrogen and oxygen atoms in total. The number of rotatable bonds is 1. The van der Waals surface area contributed by atoms with Crippen LogP contribution in [0.15, 0.2) is 0 Å². The lowest BCUT2D eigenvalue weighted by molar-refractivity contribution is -0.137. The molecule has 15 heavy (non-hydrogen) atoms. The Hall–Kier alpha value is -1.10. The van der Waals surface area contributed by atoms with Crippen LogP contribution in [-0.2, 0) is 9.59 Å². The molecule has 84 valence electrons. The van der Waals surface area contributed by atoms with Crippen LogP contribution in [0, 0.1) is 0 Å². The van der Waals surface area contributed by atoms with Crippen molar-refractivity contribution in [3.8, 4) is 0 Å². The standard InChI is InChI=1S/C10H17N3O2/c1-12-4-5-13(8-2-3-11-7-8)10(15)6-9(12)14/h8,11H,2-7H2,1H3. The van der Waals surface area contributed by atoms with Gasteiger partial charge in [-0.1, -0.05) is 0 Å². The highest BCUT2D eigenvalue weighted by Crippen LogP contribution is 2.13. The second-order valence-electron chi connectivity index (χ2n) is 4.23. The van der Waals surface area contributed by atoms with E-state index in [9.17, 15) is 9.59 Å². The van der Waals surface area contributed by atoms with Crippen LogP contribution >= 0.6 is 0 Å². The van der Waals surface area contributed by atoms with Gasteiger partial charge in [0.15, 0.2) is 0 Å². The summed E-state index contributed by atoms with van der Waals surface area (Å²) in [5, 5.41) is 3.24. The normalized spacial score (nSPS) is 28.5. The minimum Gasteiger partial charge on any atom is -0.344 e. The third kappa shape index (κ3) is 2.12. The largest absolute Gasteiger partial charge is 0.344 e. The molecule has 2 fully saturated rings. The molecule has 0 bridgehead atoms. The van der Waals surface area contributed by atoms with Gasteiger partial charge in [-0.05, 0) is 13.0 Å². The van der Waals surface area contributed by atoms with E-state index in [2.05, 4.69) is 5.32 Å². The zero-order valence-electron chi connectivity index (χ0n) is 9.03. The van der Waals surface area contributed by atoms with Gasteiger partial charge in [0.05, 0.1) is 0 Å². The minimum atomic E-state index is -0.0616. The summed E-state index contributed by atoms with van der Waals surface area (Å²) >= 11 is 0. The molecule has 0 aromatic rings. The van der Waals surface area contributed by atoms with Crippen molar-refractivity contribution >= 4 is 11.8 Å². The second kappa shape index (κ2) is 4.18. The van der Waals surface area contributed by atoms with Crippen LogP contribution in [0.2, 0.25) is 0 Å². The molecular formula is C10H17N3O2. The maximum Gasteiger partial charge on any atom is 0.232 e. The van der Waals surface area contributed by atoms with Gasteiger partial charge >= 0.3 is 0 Å². The fraction of sp³-hybridized carbons (Fsp3) is 0.800. The molecule has 0 saturated carbocycles. The molecule has 2 saturated heterocycles. The molecule has 1 unspecified atom stereocenters. The van der Waals surface area contributed by atoms with Gasteiger partial charge in [-0.15, -0.1) is 0 Å². The summed E-state index contributed by atoms with van der Waals surface area (Å²) in [6.07, 6.45) is 1.04. The van der Waals surface area contributed by atoms with E-state index in [1.165, 1.54) is 0 Å². The van der Waals surface area contributed by atoms with Crippen molar-refractivity contribution in [1.29, 1.82) is 0 Å². The lowest BCUT2D eigenvalue weighted by Crippen LogP contribution is -2.42. The van der Waals surface area contributed by atoms with Gasteiger partial charge in [0.1, 0.15) is 6.42 Å². The molecule has 2 aliphatic rings. The first kappa shape index (κ1) is 10.4. The monoisotopic (exact) mass is 211 g/mol. The van der Waals surface area contributed by atoms with Crippen LogP contribution in [0.3, 0.4) is 0 Å². The van der Waals surface area contributed by atoms with Gasteiger partial charge in [0.25, 0.3) is 0 Å². The maximum absolute atomic E-state index is 11.8. The molecule has 1 N–H and O–H groups in total. The van der Waals surface area contributed by atoms with Crippen LogP contribution in [0.5, 0.6) is 0 Å². The predicted molar refractivity (Wildman–Crippen MR) is 55.2 cm³/mol. The van der Waals surface area contributed by atoms with E-state index in [1.54, 1.807) is 11.9 Å². The Bertz CT molecular complexity index is 274. The van der Waals surface area contributed by atoms with Crippen molar-refractivity contribution in [2.75, 3.05) is 33.2 Å². The molecule has 2 amide bonds. The van der Waals surface area contributed by atoms with Crippen LogP contribution in [0.4, 0.5) is 0 Å². The topological polar surface area (TPSA) is 52.6 Å². The SMILES string of the molecule is CN1CCN(C2CCNC2)C(=O)CC1=O. The third-order valence-electron chi connectivity index (χ3n) is 3.20. The third-order valence-corrected chi connectivity index (χ3v) is 3.20. The van der Waals surface area contributed by atoms with E-state index in [0.717, 1.165) is 19.5 Å². The van der Waals surface area contributed by atoms with Gasteiger partial charge in [0.2, 0.25) is 11.8 Å². The number of carbonyl (C=O) groups excluding carboxylic acids is 2. The molecule has 1 atom stereocenters. The number of amides is 2. The number of nitrogens with zero attached hydrogens (tertiary/aromatic N) is 2. The summed E-state index contributed by atoms with van der Waals surface area (Å²) in [6, 6.07) is 0.289. The van der Waals surface area contributed by atoms with E-state index in [1.807, 2.05) is 4.90 Å². The van der Waals surface area contributed by atoms with Gasteiger partial charge < -0.3 is 15.1 Å². The molecule has 2 rings (SSSR count). The Labute approximate surface area is 89.4 Å². The Balaban J connectivity index is 2.05. The van der Waals surface area contributed by atoms with E-state index in [0.29, 0.717) is 13.1 Å². The van der Waals surface area contributed by atoms with Crippen molar-refractivity contribution in [2.45, 2.75) is 18.9 Å². The number of hydrogen-bond acceptors (Lipinski definition) is 3. The summed E-state index contributed by atoms with van der Waals surface area (Å²) in [5.41, 5.74) is 0. The van der Waals surface area contributed by atoms with Crippen LogP contribution < -0.4 is 5.32 Å². The minimum absolute atomic E-state index is 0.0157. The smallest absolute Gasteiger partial charge is 0.232 e. The first-order valence-electron chi connectivity index (χ1n) is 5.42. The van der Waals surface area contributed by atoms with Crippen LogP contribution in [0.25, 0.3) is 0 Å². The number of nitrogens with one attached hydrogen (secondary N) is 1. The molecule has 0 radical (unpaired) electrons. The van der Waals surface area contributed by atoms with Crippen LogP contribution in [0.1, 0.15) is 12.8 Å². The molecular weight excluding hydrogens is 194 g/mol. The molecule has 5 heteroatoms. The fourth-order valence-electron chi connectivity index (χ4n) is 2.16. The lowest BCUT2D eigenvalue weighted by atomic mass is 10.2. The summed E-state index contributed by atoms with van der Waals surface area (Å²) in [5.74, 6) is -0.0773. The summed E-state index contributed by atoms with van der Waals surface area (Å²) < 4.78 is 0. The summed E-state index contributed by atoms with van der Waals surface area (Å²) in [6.45, 7) is 3.16. The average molecular weight is 211 g/mol. The number of carbonyl (C=O) groups is 2. The van der Waals surface area contributed by atoms with E-state index < -0.39 is 0 Å². The molecule has 0 aliphatic carbocycles. The van der Waals surface area contributed by atoms with Crippen molar-refractivity contribution in [2.24, 2.45) is 0 Å². The highest BCUT2D eigenvalue weighted by atomic mass is 16.2. The molecule has 2 heterocycles. The van der Waals surface area contributed by atoms with Crippen molar-refractivity contribution in [3.63, 3.8) is 0 Å². The Morgan fingerprint density at radius 3 is 2.73 bits per heavy atom. The maximum atomic E-state index is 11.8. The quantitative estimate of drug-likeness (QED) is 0.568. The highest BCUT2D eigenvalue weighted by molar-refractivity contribution is 5.97. The molecule has 0 aromatic carbocycles. The van der Waals surface area contributed by atoms with Crippen molar-refractivity contribution < 1.29 is 9.59 Å². The Kier molecular flexibility index (Phi) is 2.90. The second-order valence-corrected chi connectivity index (χ2v) is 4.23. The fourth-order valence-corrected chi connectivity index (χ4v) is 2.16. The van der Waals surface area contributed by atoms with E-state index in [4.69, 9.17) is 0 Å². The number of hydrogen-bond donors (Lipinski definition) is 1. The van der Waals surface area contributed by atoms with Gasteiger partial charge in [-0.3, -0.25) is 9.59 Å². The number of likely N-dealkylation sites (N-methyl/N-ethyl adjacent to an activating group) is 1. The van der Waals surface area contributed by atoms with E-state index in [-0.39, 0.29) is 24.3 Å². The van der Waals surface area contributed by atoms with Gasteiger partial charge in [0, 0.05) is 32.7 Å². The van der Waals surface area contributed by atoms with Gasteiger partial charge in [-0.2, -0.15) is 0 Å². The lowest BCUT2D eigenvalue weighted by Gasteiger charge is -2.26. The van der Waals surface area contributed by atoms with Crippen LogP contribution in [-0.4, -0.2) is 60.9 Å². The predicted octanol–water partition coefficient (Wildman–Crippen LogP) is -0.961. The van der Waals surface area contributed by atoms with Gasteiger partial charge in [-0.25, -0.2) is 0 Å². The van der Waals surface area contributed by atoms with Crippen molar-refractivity contribution in [1.82, 2.24) is 15.1 Å². The Morgan fingerprint density at radius 1 is 1.27 bits per heavy atom. The first-order chi connectivity index (χ1) is 7.18. The average Bonchev–Trinajstić information content (AvgIpc) is 2.67. The van der Waals surface area contributed by atoms with Crippen molar-refractivity contribution in [3.05, 3.63) is 0 Å². The molecule has 2 aliphatic heterocycles. The highest BCUT2D eigenvalue weighted by Gasteiger charge is 2.30. The molecule has 0 aromatic heterocycles. The van der Waals surface area contributed by atoms with E-state index >= 15 is 0 Å². The summed E-state index contributed by atoms with van der Waals surface area (Å²) in [7, 11) is 1.76.